The van der Waals surface area contributed by atoms with Gasteiger partial charge < -0.3 is 0 Å². The lowest BCUT2D eigenvalue weighted by Crippen LogP contribution is -2.34. The first-order valence-corrected chi connectivity index (χ1v) is 6.72. The summed E-state index contributed by atoms with van der Waals surface area (Å²) in [5.74, 6) is -1.33. The minimum absolute atomic E-state index is 0.0486. The average Bonchev–Trinajstić information content (AvgIpc) is 2.12. The Morgan fingerprint density at radius 1 is 1.14 bits per heavy atom. The summed E-state index contributed by atoms with van der Waals surface area (Å²) in [5, 5.41) is 0. The van der Waals surface area contributed by atoms with Gasteiger partial charge in [-0.3, -0.25) is 0 Å². The average molecular weight is 220 g/mol. The molecule has 0 saturated heterocycles. The van der Waals surface area contributed by atoms with Crippen molar-refractivity contribution in [2.24, 2.45) is 5.92 Å². The van der Waals surface area contributed by atoms with Crippen molar-refractivity contribution in [3.63, 3.8) is 0 Å². The lowest BCUT2D eigenvalue weighted by Gasteiger charge is -2.25. The third-order valence-corrected chi connectivity index (χ3v) is 5.96. The highest BCUT2D eigenvalue weighted by Gasteiger charge is 2.40. The van der Waals surface area contributed by atoms with Crippen molar-refractivity contribution in [1.29, 1.82) is 0 Å². The molecule has 80 valence electrons. The molecule has 0 N–H and O–H groups in total. The molecular formula is C10H15F3Si. The Morgan fingerprint density at radius 3 is 1.71 bits per heavy atom. The molecule has 0 rings (SSSR count). The molecule has 0 fully saturated rings. The van der Waals surface area contributed by atoms with Crippen molar-refractivity contribution in [1.82, 2.24) is 0 Å². The highest BCUT2D eigenvalue weighted by molar-refractivity contribution is 6.93. The topological polar surface area (TPSA) is 0 Å². The maximum atomic E-state index is 12.3. The minimum Gasteiger partial charge on any atom is -0.171 e. The van der Waals surface area contributed by atoms with E-state index in [-0.39, 0.29) is 6.04 Å². The Kier molecular flexibility index (Phi) is 4.38. The number of hydrogen-bond donors (Lipinski definition) is 0. The van der Waals surface area contributed by atoms with E-state index in [1.807, 2.05) is 0 Å². The summed E-state index contributed by atoms with van der Waals surface area (Å²) in [7, 11) is -2.32. The van der Waals surface area contributed by atoms with Crippen LogP contribution in [0.2, 0.25) is 6.04 Å². The normalized spacial score (nSPS) is 14.6. The summed E-state index contributed by atoms with van der Waals surface area (Å²) in [6.45, 7) is 11.9. The molecule has 0 aromatic carbocycles. The molecule has 1 atom stereocenters. The first-order chi connectivity index (χ1) is 6.31. The van der Waals surface area contributed by atoms with Gasteiger partial charge in [0.05, 0.1) is 5.92 Å². The van der Waals surface area contributed by atoms with Crippen LogP contribution in [0, 0.1) is 5.92 Å². The predicted molar refractivity (Wildman–Crippen MR) is 56.4 cm³/mol. The van der Waals surface area contributed by atoms with Gasteiger partial charge in [-0.25, -0.2) is 0 Å². The summed E-state index contributed by atoms with van der Waals surface area (Å²) < 4.78 is 36.9. The van der Waals surface area contributed by atoms with Gasteiger partial charge >= 0.3 is 6.18 Å². The fourth-order valence-electron chi connectivity index (χ4n) is 1.15. The second-order valence-electron chi connectivity index (χ2n) is 3.37. The van der Waals surface area contributed by atoms with E-state index >= 15 is 0 Å². The summed E-state index contributed by atoms with van der Waals surface area (Å²) in [6, 6.07) is 0.0486. The maximum Gasteiger partial charge on any atom is 0.391 e. The van der Waals surface area contributed by atoms with Crippen LogP contribution in [0.25, 0.3) is 0 Å². The van der Waals surface area contributed by atoms with Crippen molar-refractivity contribution in [2.45, 2.75) is 19.1 Å². The first kappa shape index (κ1) is 13.2. The van der Waals surface area contributed by atoms with Crippen molar-refractivity contribution in [3.8, 4) is 0 Å². The van der Waals surface area contributed by atoms with Crippen LogP contribution in [0.5, 0.6) is 0 Å². The van der Waals surface area contributed by atoms with Crippen molar-refractivity contribution in [2.75, 3.05) is 0 Å². The van der Waals surface area contributed by atoms with Crippen LogP contribution in [-0.2, 0) is 0 Å². The Bertz CT molecular complexity index is 208. The smallest absolute Gasteiger partial charge is 0.171 e. The third kappa shape index (κ3) is 3.18. The van der Waals surface area contributed by atoms with Gasteiger partial charge in [-0.05, 0) is 6.04 Å². The second-order valence-corrected chi connectivity index (χ2v) is 7.23. The second kappa shape index (κ2) is 4.64. The summed E-state index contributed by atoms with van der Waals surface area (Å²) in [5.41, 5.74) is 4.74. The number of hydrogen-bond acceptors (Lipinski definition) is 0. The molecule has 1 unspecified atom stereocenters. The SMILES string of the molecule is C=C[Si](C=C)(C=C)CC(C)C(F)(F)F. The van der Waals surface area contributed by atoms with E-state index in [1.54, 1.807) is 17.1 Å². The Morgan fingerprint density at radius 2 is 1.50 bits per heavy atom. The molecule has 0 aliphatic carbocycles. The van der Waals surface area contributed by atoms with Gasteiger partial charge in [0.25, 0.3) is 0 Å². The lowest BCUT2D eigenvalue weighted by atomic mass is 10.2. The molecular weight excluding hydrogens is 205 g/mol. The highest BCUT2D eigenvalue weighted by Crippen LogP contribution is 2.33. The van der Waals surface area contributed by atoms with Gasteiger partial charge in [0.2, 0.25) is 0 Å². The van der Waals surface area contributed by atoms with Crippen LogP contribution in [0.4, 0.5) is 13.2 Å². The maximum absolute atomic E-state index is 12.3. The lowest BCUT2D eigenvalue weighted by molar-refractivity contribution is -0.164. The molecule has 0 aliphatic rings. The number of halogens is 3. The van der Waals surface area contributed by atoms with Gasteiger partial charge in [0.1, 0.15) is 8.07 Å². The van der Waals surface area contributed by atoms with Crippen LogP contribution in [0.15, 0.2) is 36.8 Å². The zero-order chi connectivity index (χ0) is 11.4. The van der Waals surface area contributed by atoms with Crippen LogP contribution in [0.1, 0.15) is 6.92 Å². The fraction of sp³-hybridized carbons (Fsp3) is 0.400. The minimum atomic E-state index is -4.15. The monoisotopic (exact) mass is 220 g/mol. The zero-order valence-corrected chi connectivity index (χ0v) is 9.27. The number of rotatable bonds is 5. The molecule has 0 heterocycles. The number of alkyl halides is 3. The van der Waals surface area contributed by atoms with Crippen LogP contribution in [-0.4, -0.2) is 14.3 Å². The van der Waals surface area contributed by atoms with Gasteiger partial charge in [-0.15, -0.1) is 19.7 Å². The molecule has 0 amide bonds. The Labute approximate surface area is 83.8 Å². The quantitative estimate of drug-likeness (QED) is 0.618. The zero-order valence-electron chi connectivity index (χ0n) is 8.27. The summed E-state index contributed by atoms with van der Waals surface area (Å²) >= 11 is 0. The summed E-state index contributed by atoms with van der Waals surface area (Å²) in [6.07, 6.45) is -4.15. The van der Waals surface area contributed by atoms with Crippen LogP contribution < -0.4 is 0 Å². The predicted octanol–water partition coefficient (Wildman–Crippen LogP) is 3.81. The standard InChI is InChI=1S/C10H15F3Si/c1-5-14(6-2,7-3)8-9(4)10(11,12)13/h5-7,9H,1-3,8H2,4H3. The van der Waals surface area contributed by atoms with Gasteiger partial charge in [-0.2, -0.15) is 13.2 Å². The van der Waals surface area contributed by atoms with Crippen LogP contribution in [0.3, 0.4) is 0 Å². The van der Waals surface area contributed by atoms with E-state index in [2.05, 4.69) is 19.7 Å². The van der Waals surface area contributed by atoms with Crippen molar-refractivity contribution < 1.29 is 13.2 Å². The largest absolute Gasteiger partial charge is 0.391 e. The molecule has 0 aliphatic heterocycles. The molecule has 0 bridgehead atoms. The summed E-state index contributed by atoms with van der Waals surface area (Å²) in [4.78, 5) is 0. The van der Waals surface area contributed by atoms with E-state index in [1.165, 1.54) is 6.92 Å². The van der Waals surface area contributed by atoms with E-state index in [4.69, 9.17) is 0 Å². The third-order valence-electron chi connectivity index (χ3n) is 2.36. The fourth-order valence-corrected chi connectivity index (χ4v) is 3.44. The van der Waals surface area contributed by atoms with Gasteiger partial charge in [0.15, 0.2) is 0 Å². The molecule has 0 nitrogen and oxygen atoms in total. The molecule has 0 aromatic heterocycles. The molecule has 0 aromatic rings. The first-order valence-electron chi connectivity index (χ1n) is 4.29. The van der Waals surface area contributed by atoms with Crippen molar-refractivity contribution in [3.05, 3.63) is 36.8 Å². The highest BCUT2D eigenvalue weighted by atomic mass is 28.3. The van der Waals surface area contributed by atoms with E-state index in [9.17, 15) is 13.2 Å². The van der Waals surface area contributed by atoms with E-state index < -0.39 is 20.2 Å². The molecule has 0 radical (unpaired) electrons. The van der Waals surface area contributed by atoms with Gasteiger partial charge in [-0.1, -0.05) is 24.0 Å². The molecule has 0 spiro atoms. The molecule has 4 heteroatoms. The van der Waals surface area contributed by atoms with Gasteiger partial charge in [0, 0.05) is 0 Å². The molecule has 14 heavy (non-hydrogen) atoms. The van der Waals surface area contributed by atoms with Crippen LogP contribution >= 0.6 is 0 Å². The van der Waals surface area contributed by atoms with E-state index in [0.717, 1.165) is 0 Å². The van der Waals surface area contributed by atoms with Crippen molar-refractivity contribution >= 4 is 8.07 Å². The molecule has 0 saturated carbocycles. The van der Waals surface area contributed by atoms with E-state index in [0.29, 0.717) is 0 Å². The Balaban J connectivity index is 4.69. The Hall–Kier alpha value is -0.773.